The lowest BCUT2D eigenvalue weighted by Crippen LogP contribution is -2.50. The Morgan fingerprint density at radius 1 is 1.19 bits per heavy atom. The normalized spacial score (nSPS) is 33.4. The molecule has 2 saturated heterocycles. The van der Waals surface area contributed by atoms with E-state index in [-0.39, 0.29) is 0 Å². The third kappa shape index (κ3) is 3.70. The van der Waals surface area contributed by atoms with Crippen molar-refractivity contribution in [2.45, 2.75) is 24.9 Å². The third-order valence-electron chi connectivity index (χ3n) is 3.78. The molecule has 2 aliphatic rings. The van der Waals surface area contributed by atoms with Crippen molar-refractivity contribution < 1.29 is 0 Å². The SMILES string of the molecule is CN1CCNC(CCNC2CCN(C)C2)C1. The van der Waals surface area contributed by atoms with E-state index in [2.05, 4.69) is 34.5 Å². The second-order valence-electron chi connectivity index (χ2n) is 5.40. The predicted octanol–water partition coefficient (Wildman–Crippen LogP) is -0.426. The Labute approximate surface area is 99.4 Å². The minimum absolute atomic E-state index is 0.686. The van der Waals surface area contributed by atoms with Gasteiger partial charge in [0.15, 0.2) is 0 Å². The highest BCUT2D eigenvalue weighted by Crippen LogP contribution is 2.06. The third-order valence-corrected chi connectivity index (χ3v) is 3.78. The van der Waals surface area contributed by atoms with E-state index in [0.29, 0.717) is 6.04 Å². The van der Waals surface area contributed by atoms with Crippen LogP contribution in [0.4, 0.5) is 0 Å². The standard InChI is InChI=1S/C12H26N4/c1-15-7-4-12(10-15)13-5-3-11-9-16(2)8-6-14-11/h11-14H,3-10H2,1-2H3. The monoisotopic (exact) mass is 226 g/mol. The van der Waals surface area contributed by atoms with Gasteiger partial charge in [-0.1, -0.05) is 0 Å². The molecule has 94 valence electrons. The zero-order chi connectivity index (χ0) is 11.4. The molecule has 4 heteroatoms. The van der Waals surface area contributed by atoms with Crippen LogP contribution in [0.5, 0.6) is 0 Å². The number of likely N-dealkylation sites (N-methyl/N-ethyl adjacent to an activating group) is 2. The second kappa shape index (κ2) is 5.96. The van der Waals surface area contributed by atoms with Gasteiger partial charge in [0.1, 0.15) is 0 Å². The molecule has 16 heavy (non-hydrogen) atoms. The van der Waals surface area contributed by atoms with Gasteiger partial charge in [-0.15, -0.1) is 0 Å². The summed E-state index contributed by atoms with van der Waals surface area (Å²) >= 11 is 0. The van der Waals surface area contributed by atoms with Gasteiger partial charge in [0.2, 0.25) is 0 Å². The van der Waals surface area contributed by atoms with E-state index in [1.807, 2.05) is 0 Å². The molecule has 4 nitrogen and oxygen atoms in total. The quantitative estimate of drug-likeness (QED) is 0.681. The molecule has 0 saturated carbocycles. The van der Waals surface area contributed by atoms with E-state index in [1.165, 1.54) is 39.0 Å². The van der Waals surface area contributed by atoms with Crippen LogP contribution in [0.3, 0.4) is 0 Å². The largest absolute Gasteiger partial charge is 0.313 e. The van der Waals surface area contributed by atoms with Crippen LogP contribution in [-0.2, 0) is 0 Å². The average Bonchev–Trinajstić information content (AvgIpc) is 2.64. The van der Waals surface area contributed by atoms with Crippen molar-refractivity contribution in [1.82, 2.24) is 20.4 Å². The van der Waals surface area contributed by atoms with Gasteiger partial charge in [-0.25, -0.2) is 0 Å². The van der Waals surface area contributed by atoms with Gasteiger partial charge in [-0.3, -0.25) is 0 Å². The molecule has 2 aliphatic heterocycles. The first-order valence-electron chi connectivity index (χ1n) is 6.58. The Hall–Kier alpha value is -0.160. The van der Waals surface area contributed by atoms with Crippen LogP contribution in [0.2, 0.25) is 0 Å². The van der Waals surface area contributed by atoms with Crippen molar-refractivity contribution in [2.24, 2.45) is 0 Å². The van der Waals surface area contributed by atoms with Gasteiger partial charge in [-0.2, -0.15) is 0 Å². The predicted molar refractivity (Wildman–Crippen MR) is 67.8 cm³/mol. The lowest BCUT2D eigenvalue weighted by molar-refractivity contribution is 0.230. The minimum atomic E-state index is 0.686. The van der Waals surface area contributed by atoms with E-state index < -0.39 is 0 Å². The number of likely N-dealkylation sites (tertiary alicyclic amines) is 1. The summed E-state index contributed by atoms with van der Waals surface area (Å²) in [6.45, 7) is 7.17. The van der Waals surface area contributed by atoms with Crippen LogP contribution < -0.4 is 10.6 Å². The summed E-state index contributed by atoms with van der Waals surface area (Å²) in [7, 11) is 4.42. The molecule has 0 bridgehead atoms. The maximum Gasteiger partial charge on any atom is 0.0207 e. The molecule has 2 N–H and O–H groups in total. The summed E-state index contributed by atoms with van der Waals surface area (Å²) in [6, 6.07) is 1.41. The van der Waals surface area contributed by atoms with Crippen LogP contribution in [0.25, 0.3) is 0 Å². The van der Waals surface area contributed by atoms with E-state index in [4.69, 9.17) is 0 Å². The highest BCUT2D eigenvalue weighted by Gasteiger charge is 2.20. The zero-order valence-electron chi connectivity index (χ0n) is 10.7. The summed E-state index contributed by atoms with van der Waals surface area (Å²) in [5.41, 5.74) is 0. The van der Waals surface area contributed by atoms with E-state index in [9.17, 15) is 0 Å². The first-order chi connectivity index (χ1) is 7.74. The minimum Gasteiger partial charge on any atom is -0.313 e. The molecule has 2 heterocycles. The summed E-state index contributed by atoms with van der Waals surface area (Å²) in [5, 5.41) is 7.27. The second-order valence-corrected chi connectivity index (χ2v) is 5.40. The van der Waals surface area contributed by atoms with Gasteiger partial charge in [-0.05, 0) is 40.0 Å². The maximum absolute atomic E-state index is 3.67. The Bertz CT molecular complexity index is 209. The van der Waals surface area contributed by atoms with Crippen LogP contribution in [0.1, 0.15) is 12.8 Å². The Morgan fingerprint density at radius 3 is 2.69 bits per heavy atom. The molecule has 0 aromatic carbocycles. The fourth-order valence-corrected chi connectivity index (χ4v) is 2.75. The molecule has 2 unspecified atom stereocenters. The molecule has 0 amide bonds. The first-order valence-corrected chi connectivity index (χ1v) is 6.58. The molecule has 2 rings (SSSR count). The Balaban J connectivity index is 1.57. The van der Waals surface area contributed by atoms with E-state index >= 15 is 0 Å². The lowest BCUT2D eigenvalue weighted by atomic mass is 10.1. The first kappa shape index (κ1) is 12.3. The molecular weight excluding hydrogens is 200 g/mol. The van der Waals surface area contributed by atoms with Gasteiger partial charge in [0.25, 0.3) is 0 Å². The van der Waals surface area contributed by atoms with Crippen LogP contribution >= 0.6 is 0 Å². The summed E-state index contributed by atoms with van der Waals surface area (Å²) in [5.74, 6) is 0. The Kier molecular flexibility index (Phi) is 4.58. The van der Waals surface area contributed by atoms with Crippen LogP contribution in [0, 0.1) is 0 Å². The Morgan fingerprint density at radius 2 is 2.00 bits per heavy atom. The number of nitrogens with zero attached hydrogens (tertiary/aromatic N) is 2. The number of hydrogen-bond acceptors (Lipinski definition) is 4. The van der Waals surface area contributed by atoms with Crippen molar-refractivity contribution in [3.8, 4) is 0 Å². The van der Waals surface area contributed by atoms with Crippen LogP contribution in [-0.4, -0.2) is 75.2 Å². The average molecular weight is 226 g/mol. The number of hydrogen-bond donors (Lipinski definition) is 2. The van der Waals surface area contributed by atoms with Crippen molar-refractivity contribution >= 4 is 0 Å². The van der Waals surface area contributed by atoms with Gasteiger partial charge in [0, 0.05) is 38.3 Å². The van der Waals surface area contributed by atoms with E-state index in [0.717, 1.165) is 19.1 Å². The fourth-order valence-electron chi connectivity index (χ4n) is 2.75. The summed E-state index contributed by atoms with van der Waals surface area (Å²) in [6.07, 6.45) is 2.57. The fraction of sp³-hybridized carbons (Fsp3) is 1.00. The van der Waals surface area contributed by atoms with Gasteiger partial charge < -0.3 is 20.4 Å². The molecule has 0 aromatic heterocycles. The zero-order valence-corrected chi connectivity index (χ0v) is 10.7. The van der Waals surface area contributed by atoms with Crippen molar-refractivity contribution in [1.29, 1.82) is 0 Å². The molecule has 0 aliphatic carbocycles. The molecule has 0 radical (unpaired) electrons. The van der Waals surface area contributed by atoms with Crippen LogP contribution in [0.15, 0.2) is 0 Å². The lowest BCUT2D eigenvalue weighted by Gasteiger charge is -2.31. The van der Waals surface area contributed by atoms with Crippen molar-refractivity contribution in [2.75, 3.05) is 53.4 Å². The molecule has 0 aromatic rings. The highest BCUT2D eigenvalue weighted by molar-refractivity contribution is 4.81. The molecule has 0 spiro atoms. The highest BCUT2D eigenvalue weighted by atomic mass is 15.2. The number of rotatable bonds is 4. The van der Waals surface area contributed by atoms with E-state index in [1.54, 1.807) is 0 Å². The van der Waals surface area contributed by atoms with Gasteiger partial charge >= 0.3 is 0 Å². The molecule has 2 fully saturated rings. The van der Waals surface area contributed by atoms with Gasteiger partial charge in [0.05, 0.1) is 0 Å². The maximum atomic E-state index is 3.67. The summed E-state index contributed by atoms with van der Waals surface area (Å²) < 4.78 is 0. The number of piperazine rings is 1. The smallest absolute Gasteiger partial charge is 0.0207 e. The number of nitrogens with one attached hydrogen (secondary N) is 2. The van der Waals surface area contributed by atoms with Crippen molar-refractivity contribution in [3.63, 3.8) is 0 Å². The van der Waals surface area contributed by atoms with Crippen molar-refractivity contribution in [3.05, 3.63) is 0 Å². The molecule has 2 atom stereocenters. The molecular formula is C12H26N4. The summed E-state index contributed by atoms with van der Waals surface area (Å²) in [4.78, 5) is 4.83. The topological polar surface area (TPSA) is 30.5 Å².